The molecular formula is C15H17BrN2O3. The first-order chi connectivity index (χ1) is 10.1. The standard InChI is InChI=1S/C15H17BrN2O3/c16-10-5-6-11(17-8-10)14(19)18-12-4-2-1-3-9(12)7-13(18)15(20)21/h5-6,8-9,12-13H,1-4,7H2,(H,20,21)/t9-,12-,13-/m0/s1. The van der Waals surface area contributed by atoms with Gasteiger partial charge in [0.1, 0.15) is 11.7 Å². The van der Waals surface area contributed by atoms with Crippen molar-refractivity contribution in [2.24, 2.45) is 5.92 Å². The van der Waals surface area contributed by atoms with Crippen molar-refractivity contribution in [1.29, 1.82) is 0 Å². The van der Waals surface area contributed by atoms with Crippen LogP contribution in [-0.2, 0) is 4.79 Å². The molecule has 21 heavy (non-hydrogen) atoms. The van der Waals surface area contributed by atoms with Crippen LogP contribution in [-0.4, -0.2) is 39.0 Å². The molecule has 3 atom stereocenters. The van der Waals surface area contributed by atoms with Crippen LogP contribution in [0.15, 0.2) is 22.8 Å². The first-order valence-electron chi connectivity index (χ1n) is 7.25. The number of carbonyl (C=O) groups excluding carboxylic acids is 1. The highest BCUT2D eigenvalue weighted by atomic mass is 79.9. The predicted molar refractivity (Wildman–Crippen MR) is 79.9 cm³/mol. The van der Waals surface area contributed by atoms with E-state index < -0.39 is 12.0 Å². The van der Waals surface area contributed by atoms with Gasteiger partial charge in [-0.25, -0.2) is 9.78 Å². The quantitative estimate of drug-likeness (QED) is 0.888. The van der Waals surface area contributed by atoms with Crippen LogP contribution in [0.3, 0.4) is 0 Å². The average Bonchev–Trinajstić information content (AvgIpc) is 2.87. The molecule has 2 aliphatic rings. The molecule has 1 aromatic heterocycles. The summed E-state index contributed by atoms with van der Waals surface area (Å²) in [4.78, 5) is 29.9. The summed E-state index contributed by atoms with van der Waals surface area (Å²) in [6.45, 7) is 0. The van der Waals surface area contributed by atoms with Gasteiger partial charge in [-0.3, -0.25) is 4.79 Å². The topological polar surface area (TPSA) is 70.5 Å². The Morgan fingerprint density at radius 3 is 2.71 bits per heavy atom. The highest BCUT2D eigenvalue weighted by molar-refractivity contribution is 9.10. The Bertz CT molecular complexity index is 561. The molecule has 1 aliphatic heterocycles. The molecule has 1 aromatic rings. The second-order valence-electron chi connectivity index (χ2n) is 5.78. The number of nitrogens with zero attached hydrogens (tertiary/aromatic N) is 2. The number of halogens is 1. The van der Waals surface area contributed by atoms with Crippen molar-refractivity contribution in [3.8, 4) is 0 Å². The third-order valence-electron chi connectivity index (χ3n) is 4.55. The molecule has 0 unspecified atom stereocenters. The minimum Gasteiger partial charge on any atom is -0.480 e. The van der Waals surface area contributed by atoms with Crippen LogP contribution in [0.4, 0.5) is 0 Å². The smallest absolute Gasteiger partial charge is 0.326 e. The van der Waals surface area contributed by atoms with Gasteiger partial charge in [0, 0.05) is 16.7 Å². The molecule has 3 rings (SSSR count). The van der Waals surface area contributed by atoms with E-state index in [0.717, 1.165) is 30.2 Å². The first kappa shape index (κ1) is 14.5. The molecule has 1 N–H and O–H groups in total. The Kier molecular flexibility index (Phi) is 3.97. The maximum absolute atomic E-state index is 12.7. The molecule has 1 saturated carbocycles. The molecule has 0 radical (unpaired) electrons. The monoisotopic (exact) mass is 352 g/mol. The summed E-state index contributed by atoms with van der Waals surface area (Å²) in [5.74, 6) is -0.849. The van der Waals surface area contributed by atoms with Gasteiger partial charge in [0.25, 0.3) is 5.91 Å². The fourth-order valence-electron chi connectivity index (χ4n) is 3.61. The summed E-state index contributed by atoms with van der Waals surface area (Å²) in [6, 6.07) is 2.74. The van der Waals surface area contributed by atoms with Gasteiger partial charge in [0.15, 0.2) is 0 Å². The fraction of sp³-hybridized carbons (Fsp3) is 0.533. The van der Waals surface area contributed by atoms with E-state index in [2.05, 4.69) is 20.9 Å². The lowest BCUT2D eigenvalue weighted by Gasteiger charge is -2.32. The number of rotatable bonds is 2. The number of pyridine rings is 1. The summed E-state index contributed by atoms with van der Waals surface area (Å²) in [5.41, 5.74) is 0.315. The molecule has 1 aliphatic carbocycles. The van der Waals surface area contributed by atoms with Crippen molar-refractivity contribution < 1.29 is 14.7 Å². The summed E-state index contributed by atoms with van der Waals surface area (Å²) in [6.07, 6.45) is 6.25. The first-order valence-corrected chi connectivity index (χ1v) is 8.04. The third kappa shape index (κ3) is 2.69. The van der Waals surface area contributed by atoms with Gasteiger partial charge in [-0.1, -0.05) is 12.8 Å². The van der Waals surface area contributed by atoms with E-state index in [1.54, 1.807) is 23.2 Å². The lowest BCUT2D eigenvalue weighted by molar-refractivity contribution is -0.141. The van der Waals surface area contributed by atoms with Crippen molar-refractivity contribution in [2.45, 2.75) is 44.2 Å². The molecule has 0 aromatic carbocycles. The normalized spacial score (nSPS) is 28.2. The van der Waals surface area contributed by atoms with Crippen molar-refractivity contribution in [3.05, 3.63) is 28.5 Å². The Hall–Kier alpha value is -1.43. The van der Waals surface area contributed by atoms with E-state index in [-0.39, 0.29) is 11.9 Å². The molecular weight excluding hydrogens is 336 g/mol. The molecule has 2 fully saturated rings. The Balaban J connectivity index is 1.90. The Morgan fingerprint density at radius 1 is 1.29 bits per heavy atom. The van der Waals surface area contributed by atoms with Crippen LogP contribution >= 0.6 is 15.9 Å². The third-order valence-corrected chi connectivity index (χ3v) is 5.02. The molecule has 5 nitrogen and oxygen atoms in total. The molecule has 6 heteroatoms. The van der Waals surface area contributed by atoms with E-state index >= 15 is 0 Å². The van der Waals surface area contributed by atoms with E-state index in [1.807, 2.05) is 0 Å². The lowest BCUT2D eigenvalue weighted by Crippen LogP contribution is -2.46. The Labute approximate surface area is 131 Å². The highest BCUT2D eigenvalue weighted by Gasteiger charge is 2.47. The number of aliphatic carboxylic acids is 1. The maximum atomic E-state index is 12.7. The number of likely N-dealkylation sites (tertiary alicyclic amines) is 1. The van der Waals surface area contributed by atoms with Crippen LogP contribution in [0.2, 0.25) is 0 Å². The highest BCUT2D eigenvalue weighted by Crippen LogP contribution is 2.40. The number of carboxylic acids is 1. The molecule has 0 bridgehead atoms. The van der Waals surface area contributed by atoms with Gasteiger partial charge < -0.3 is 10.0 Å². The second-order valence-corrected chi connectivity index (χ2v) is 6.69. The van der Waals surface area contributed by atoms with Gasteiger partial charge in [0.05, 0.1) is 0 Å². The zero-order valence-corrected chi connectivity index (χ0v) is 13.1. The van der Waals surface area contributed by atoms with Gasteiger partial charge >= 0.3 is 5.97 Å². The summed E-state index contributed by atoms with van der Waals surface area (Å²) < 4.78 is 0.797. The zero-order valence-electron chi connectivity index (χ0n) is 11.5. The molecule has 0 spiro atoms. The van der Waals surface area contributed by atoms with Crippen LogP contribution < -0.4 is 0 Å². The Morgan fingerprint density at radius 2 is 2.05 bits per heavy atom. The van der Waals surface area contributed by atoms with Crippen LogP contribution in [0.1, 0.15) is 42.6 Å². The number of carboxylic acid groups (broad SMARTS) is 1. The van der Waals surface area contributed by atoms with E-state index in [9.17, 15) is 14.7 Å². The number of aromatic nitrogens is 1. The van der Waals surface area contributed by atoms with Crippen molar-refractivity contribution in [1.82, 2.24) is 9.88 Å². The number of amides is 1. The molecule has 1 amide bonds. The van der Waals surface area contributed by atoms with E-state index in [0.29, 0.717) is 18.0 Å². The SMILES string of the molecule is O=C(O)[C@@H]1C[C@@H]2CCCC[C@@H]2N1C(=O)c1ccc(Br)cn1. The van der Waals surface area contributed by atoms with Crippen LogP contribution in [0, 0.1) is 5.92 Å². The van der Waals surface area contributed by atoms with Crippen molar-refractivity contribution in [2.75, 3.05) is 0 Å². The number of hydrogen-bond donors (Lipinski definition) is 1. The second kappa shape index (κ2) is 5.75. The van der Waals surface area contributed by atoms with Gasteiger partial charge in [-0.2, -0.15) is 0 Å². The van der Waals surface area contributed by atoms with Crippen LogP contribution in [0.25, 0.3) is 0 Å². The minimum absolute atomic E-state index is 0.0535. The molecule has 1 saturated heterocycles. The summed E-state index contributed by atoms with van der Waals surface area (Å²) >= 11 is 3.29. The van der Waals surface area contributed by atoms with E-state index in [4.69, 9.17) is 0 Å². The van der Waals surface area contributed by atoms with E-state index in [1.165, 1.54) is 0 Å². The number of hydrogen-bond acceptors (Lipinski definition) is 3. The average molecular weight is 353 g/mol. The number of fused-ring (bicyclic) bond motifs is 1. The van der Waals surface area contributed by atoms with Gasteiger partial charge in [-0.15, -0.1) is 0 Å². The van der Waals surface area contributed by atoms with Crippen molar-refractivity contribution in [3.63, 3.8) is 0 Å². The maximum Gasteiger partial charge on any atom is 0.326 e. The summed E-state index contributed by atoms with van der Waals surface area (Å²) in [7, 11) is 0. The lowest BCUT2D eigenvalue weighted by atomic mass is 9.84. The minimum atomic E-state index is -0.908. The van der Waals surface area contributed by atoms with Crippen LogP contribution in [0.5, 0.6) is 0 Å². The molecule has 112 valence electrons. The van der Waals surface area contributed by atoms with Gasteiger partial charge in [-0.05, 0) is 53.2 Å². The number of carbonyl (C=O) groups is 2. The largest absolute Gasteiger partial charge is 0.480 e. The zero-order chi connectivity index (χ0) is 15.0. The van der Waals surface area contributed by atoms with Crippen molar-refractivity contribution >= 4 is 27.8 Å². The predicted octanol–water partition coefficient (Wildman–Crippen LogP) is 2.70. The molecule has 2 heterocycles. The fourth-order valence-corrected chi connectivity index (χ4v) is 3.84. The van der Waals surface area contributed by atoms with Gasteiger partial charge in [0.2, 0.25) is 0 Å². The summed E-state index contributed by atoms with van der Waals surface area (Å²) in [5, 5.41) is 9.45.